The molecular weight excluding hydrogens is 364 g/mol. The number of carboxylic acid groups (broad SMARTS) is 1. The molecule has 1 saturated heterocycles. The quantitative estimate of drug-likeness (QED) is 0.763. The van der Waals surface area contributed by atoms with Crippen molar-refractivity contribution >= 4 is 34.7 Å². The Balaban J connectivity index is 1.87. The van der Waals surface area contributed by atoms with Gasteiger partial charge in [-0.3, -0.25) is 9.69 Å². The number of rotatable bonds is 5. The Labute approximate surface area is 162 Å². The molecule has 0 spiro atoms. The number of amides is 3. The number of hydrogen-bond acceptors (Lipinski definition) is 4. The largest absolute Gasteiger partial charge is 0.469 e. The molecule has 1 aliphatic heterocycles. The van der Waals surface area contributed by atoms with Gasteiger partial charge in [0.15, 0.2) is 0 Å². The molecule has 1 aliphatic rings. The van der Waals surface area contributed by atoms with E-state index < -0.39 is 18.1 Å². The summed E-state index contributed by atoms with van der Waals surface area (Å²) < 4.78 is 6.77. The zero-order valence-electron chi connectivity index (χ0n) is 15.7. The fourth-order valence-corrected chi connectivity index (χ4v) is 3.72. The number of aromatic nitrogens is 1. The van der Waals surface area contributed by atoms with Crippen LogP contribution in [0.3, 0.4) is 0 Å². The van der Waals surface area contributed by atoms with Crippen molar-refractivity contribution in [3.8, 4) is 0 Å². The van der Waals surface area contributed by atoms with Gasteiger partial charge in [0.25, 0.3) is 0 Å². The minimum absolute atomic E-state index is 0.0458. The number of nitrogens with zero attached hydrogens (tertiary/aromatic N) is 3. The van der Waals surface area contributed by atoms with Crippen molar-refractivity contribution in [2.45, 2.75) is 25.3 Å². The molecule has 1 aromatic carbocycles. The summed E-state index contributed by atoms with van der Waals surface area (Å²) in [5, 5.41) is 9.97. The van der Waals surface area contributed by atoms with Crippen molar-refractivity contribution < 1.29 is 24.2 Å². The molecule has 0 saturated carbocycles. The van der Waals surface area contributed by atoms with Crippen LogP contribution in [0.4, 0.5) is 15.3 Å². The van der Waals surface area contributed by atoms with Gasteiger partial charge in [0.05, 0.1) is 24.7 Å². The first-order valence-corrected chi connectivity index (χ1v) is 9.13. The van der Waals surface area contributed by atoms with Crippen molar-refractivity contribution in [3.63, 3.8) is 0 Å². The summed E-state index contributed by atoms with van der Waals surface area (Å²) in [7, 11) is 1.30. The van der Waals surface area contributed by atoms with E-state index in [0.29, 0.717) is 18.8 Å². The summed E-state index contributed by atoms with van der Waals surface area (Å²) in [5.41, 5.74) is 7.12. The average Bonchev–Trinajstić information content (AvgIpc) is 3.12. The van der Waals surface area contributed by atoms with Crippen LogP contribution >= 0.6 is 0 Å². The van der Waals surface area contributed by atoms with Gasteiger partial charge in [-0.15, -0.1) is 0 Å². The number of hydrogen-bond donors (Lipinski definition) is 2. The molecule has 1 aromatic heterocycles. The molecule has 9 nitrogen and oxygen atoms in total. The monoisotopic (exact) mass is 388 g/mol. The number of ether oxygens (including phenoxy) is 1. The van der Waals surface area contributed by atoms with Crippen LogP contribution in [-0.4, -0.2) is 59.4 Å². The predicted molar refractivity (Wildman–Crippen MR) is 103 cm³/mol. The molecule has 28 heavy (non-hydrogen) atoms. The van der Waals surface area contributed by atoms with Gasteiger partial charge in [-0.05, 0) is 31.0 Å². The van der Waals surface area contributed by atoms with Crippen LogP contribution in [0.2, 0.25) is 0 Å². The number of urea groups is 1. The van der Waals surface area contributed by atoms with Gasteiger partial charge < -0.3 is 25.0 Å². The van der Waals surface area contributed by atoms with Gasteiger partial charge in [-0.1, -0.05) is 6.07 Å². The molecule has 150 valence electrons. The molecule has 1 fully saturated rings. The molecule has 0 aliphatic carbocycles. The highest BCUT2D eigenvalue weighted by molar-refractivity contribution is 6.02. The highest BCUT2D eigenvalue weighted by Crippen LogP contribution is 2.33. The third kappa shape index (κ3) is 3.88. The molecule has 2 heterocycles. The van der Waals surface area contributed by atoms with Crippen LogP contribution in [-0.2, 0) is 9.53 Å². The number of fused-ring (bicyclic) bond motifs is 1. The van der Waals surface area contributed by atoms with Crippen molar-refractivity contribution in [3.05, 3.63) is 30.5 Å². The van der Waals surface area contributed by atoms with Crippen molar-refractivity contribution in [2.24, 2.45) is 5.73 Å². The Morgan fingerprint density at radius 3 is 2.57 bits per heavy atom. The summed E-state index contributed by atoms with van der Waals surface area (Å²) >= 11 is 0. The first-order valence-electron chi connectivity index (χ1n) is 9.13. The number of nitrogens with two attached hydrogens (primary N) is 1. The lowest BCUT2D eigenvalue weighted by molar-refractivity contribution is -0.140. The second-order valence-corrected chi connectivity index (χ2v) is 6.75. The number of carbonyl (C=O) groups excluding carboxylic acids is 2. The normalized spacial score (nSPS) is 14.8. The zero-order chi connectivity index (χ0) is 20.3. The van der Waals surface area contributed by atoms with Crippen LogP contribution in [0.15, 0.2) is 30.5 Å². The van der Waals surface area contributed by atoms with Gasteiger partial charge in [0, 0.05) is 37.3 Å². The number of carbonyl (C=O) groups is 3. The van der Waals surface area contributed by atoms with Gasteiger partial charge in [0.2, 0.25) is 0 Å². The number of benzene rings is 1. The molecule has 3 rings (SSSR count). The van der Waals surface area contributed by atoms with Crippen LogP contribution in [0.5, 0.6) is 0 Å². The summed E-state index contributed by atoms with van der Waals surface area (Å²) in [6.07, 6.45) is 2.56. The number of esters is 1. The second-order valence-electron chi connectivity index (χ2n) is 6.75. The summed E-state index contributed by atoms with van der Waals surface area (Å²) in [6, 6.07) is 7.06. The Hall–Kier alpha value is -3.23. The molecule has 0 radical (unpaired) electrons. The highest BCUT2D eigenvalue weighted by Gasteiger charge is 2.25. The molecule has 9 heteroatoms. The number of likely N-dealkylation sites (tertiary alicyclic amines) is 1. The van der Waals surface area contributed by atoms with Crippen LogP contribution in [0.25, 0.3) is 10.9 Å². The number of anilines is 1. The first kappa shape index (κ1) is 19.5. The molecular formula is C19H24N4O5. The Kier molecular flexibility index (Phi) is 5.72. The lowest BCUT2D eigenvalue weighted by Crippen LogP contribution is -2.38. The van der Waals surface area contributed by atoms with Gasteiger partial charge in [0.1, 0.15) is 0 Å². The maximum atomic E-state index is 12.0. The lowest BCUT2D eigenvalue weighted by atomic mass is 10.0. The first-order chi connectivity index (χ1) is 13.4. The summed E-state index contributed by atoms with van der Waals surface area (Å²) in [5.74, 6) is -0.416. The van der Waals surface area contributed by atoms with Crippen LogP contribution in [0, 0.1) is 0 Å². The minimum Gasteiger partial charge on any atom is -0.469 e. The Bertz CT molecular complexity index is 886. The highest BCUT2D eigenvalue weighted by atomic mass is 16.5. The summed E-state index contributed by atoms with van der Waals surface area (Å²) in [6.45, 7) is 1.11. The average molecular weight is 388 g/mol. The van der Waals surface area contributed by atoms with E-state index in [0.717, 1.165) is 23.7 Å². The van der Waals surface area contributed by atoms with Crippen molar-refractivity contribution in [2.75, 3.05) is 31.6 Å². The molecule has 2 aromatic rings. The molecule has 0 bridgehead atoms. The predicted octanol–water partition coefficient (Wildman–Crippen LogP) is 2.40. The Morgan fingerprint density at radius 2 is 1.96 bits per heavy atom. The number of piperidine rings is 1. The summed E-state index contributed by atoms with van der Waals surface area (Å²) in [4.78, 5) is 37.4. The standard InChI is InChI=1S/C19H24N4O5/c1-28-17(24)8-12-23(18(20)25)16-4-2-3-15-14(16)7-11-22(15)13-5-9-21(10-6-13)19(26)27/h2-4,7,11,13H,5-6,8-10,12H2,1H3,(H2,20,25)(H,26,27). The molecule has 0 atom stereocenters. The molecule has 0 unspecified atom stereocenters. The topological polar surface area (TPSA) is 118 Å². The molecule has 3 N–H and O–H groups in total. The van der Waals surface area contributed by atoms with Crippen molar-refractivity contribution in [1.29, 1.82) is 0 Å². The van der Waals surface area contributed by atoms with E-state index in [1.54, 1.807) is 6.07 Å². The Morgan fingerprint density at radius 1 is 1.25 bits per heavy atom. The van der Waals surface area contributed by atoms with E-state index in [4.69, 9.17) is 10.8 Å². The van der Waals surface area contributed by atoms with E-state index in [-0.39, 0.29) is 19.0 Å². The lowest BCUT2D eigenvalue weighted by Gasteiger charge is -2.31. The van der Waals surface area contributed by atoms with E-state index in [9.17, 15) is 14.4 Å². The van der Waals surface area contributed by atoms with Gasteiger partial charge >= 0.3 is 18.1 Å². The molecule has 3 amide bonds. The maximum absolute atomic E-state index is 12.0. The van der Waals surface area contributed by atoms with Gasteiger partial charge in [-0.2, -0.15) is 0 Å². The van der Waals surface area contributed by atoms with E-state index in [1.807, 2.05) is 24.4 Å². The third-order valence-corrected chi connectivity index (χ3v) is 5.19. The van der Waals surface area contributed by atoms with E-state index >= 15 is 0 Å². The SMILES string of the molecule is COC(=O)CCN(C(N)=O)c1cccc2c1ccn2C1CCN(C(=O)O)CC1. The number of methoxy groups -OCH3 is 1. The van der Waals surface area contributed by atoms with Crippen LogP contribution in [0.1, 0.15) is 25.3 Å². The number of primary amides is 1. The zero-order valence-corrected chi connectivity index (χ0v) is 15.7. The van der Waals surface area contributed by atoms with E-state index in [2.05, 4.69) is 9.30 Å². The van der Waals surface area contributed by atoms with Gasteiger partial charge in [-0.25, -0.2) is 9.59 Å². The van der Waals surface area contributed by atoms with E-state index in [1.165, 1.54) is 16.9 Å². The maximum Gasteiger partial charge on any atom is 0.407 e. The third-order valence-electron chi connectivity index (χ3n) is 5.19. The fraction of sp³-hybridized carbons (Fsp3) is 0.421. The second kappa shape index (κ2) is 8.20. The van der Waals surface area contributed by atoms with Crippen LogP contribution < -0.4 is 10.6 Å². The fourth-order valence-electron chi connectivity index (χ4n) is 3.72. The minimum atomic E-state index is -0.888. The smallest absolute Gasteiger partial charge is 0.407 e. The van der Waals surface area contributed by atoms with Crippen molar-refractivity contribution in [1.82, 2.24) is 9.47 Å².